The minimum atomic E-state index is -0.264. The van der Waals surface area contributed by atoms with Gasteiger partial charge in [-0.25, -0.2) is 4.39 Å². The Kier molecular flexibility index (Phi) is 7.14. The number of hydrogen-bond donors (Lipinski definition) is 0. The van der Waals surface area contributed by atoms with Crippen molar-refractivity contribution in [2.75, 3.05) is 0 Å². The number of aromatic nitrogens is 2. The predicted molar refractivity (Wildman–Crippen MR) is 242 cm³/mol. The molecular weight excluding hydrogens is 708 g/mol. The third kappa shape index (κ3) is 4.74. The molecule has 2 aromatic heterocycles. The zero-order valence-electron chi connectivity index (χ0n) is 31.3. The smallest absolute Gasteiger partial charge is 0.147 e. The van der Waals surface area contributed by atoms with Crippen molar-refractivity contribution in [3.8, 4) is 39.1 Å². The highest BCUT2D eigenvalue weighted by atomic mass is 19.1. The molecule has 270 valence electrons. The van der Waals surface area contributed by atoms with Crippen LogP contribution in [0.4, 0.5) is 4.39 Å². The van der Waals surface area contributed by atoms with Gasteiger partial charge in [-0.05, 0) is 124 Å². The SMILES string of the molecule is Fc1cccc2c3ncccc3n(-c3ccc(-c4ccc(-c5c6ccccc6c(-c6cc7ccccc7c7ccccc67)c6ccccc56)c5ccccc45)cc3)c12. The number of fused-ring (bicyclic) bond motifs is 9. The van der Waals surface area contributed by atoms with Gasteiger partial charge in [0.15, 0.2) is 0 Å². The molecule has 0 saturated heterocycles. The number of benzene rings is 10. The fourth-order valence-corrected chi connectivity index (χ4v) is 9.64. The van der Waals surface area contributed by atoms with Crippen LogP contribution >= 0.6 is 0 Å². The summed E-state index contributed by atoms with van der Waals surface area (Å²) < 4.78 is 17.4. The van der Waals surface area contributed by atoms with Crippen molar-refractivity contribution >= 4 is 75.8 Å². The fourth-order valence-electron chi connectivity index (χ4n) is 9.64. The summed E-state index contributed by atoms with van der Waals surface area (Å²) in [5.74, 6) is -0.264. The third-order valence-corrected chi connectivity index (χ3v) is 12.1. The van der Waals surface area contributed by atoms with Crippen LogP contribution in [-0.2, 0) is 0 Å². The summed E-state index contributed by atoms with van der Waals surface area (Å²) in [6.07, 6.45) is 1.77. The van der Waals surface area contributed by atoms with Gasteiger partial charge in [0.2, 0.25) is 0 Å². The zero-order valence-corrected chi connectivity index (χ0v) is 31.3. The third-order valence-electron chi connectivity index (χ3n) is 12.1. The van der Waals surface area contributed by atoms with Crippen LogP contribution in [0, 0.1) is 5.82 Å². The summed E-state index contributed by atoms with van der Waals surface area (Å²) in [4.78, 5) is 4.62. The Morgan fingerprint density at radius 2 is 0.897 bits per heavy atom. The first-order chi connectivity index (χ1) is 28.7. The number of nitrogens with zero attached hydrogens (tertiary/aromatic N) is 2. The lowest BCUT2D eigenvalue weighted by Crippen LogP contribution is -1.96. The largest absolute Gasteiger partial charge is 0.305 e. The van der Waals surface area contributed by atoms with Crippen LogP contribution in [0.25, 0.3) is 115 Å². The van der Waals surface area contributed by atoms with Gasteiger partial charge in [-0.3, -0.25) is 4.98 Å². The van der Waals surface area contributed by atoms with Crippen LogP contribution in [0.3, 0.4) is 0 Å². The van der Waals surface area contributed by atoms with Gasteiger partial charge in [0.05, 0.1) is 16.6 Å². The molecule has 0 aliphatic heterocycles. The average Bonchev–Trinajstić information content (AvgIpc) is 3.63. The number of rotatable bonds is 4. The van der Waals surface area contributed by atoms with E-state index in [9.17, 15) is 0 Å². The predicted octanol–water partition coefficient (Wildman–Crippen LogP) is 15.1. The maximum absolute atomic E-state index is 15.4. The normalized spacial score (nSPS) is 11.9. The summed E-state index contributed by atoms with van der Waals surface area (Å²) in [6, 6.07) is 68.7. The van der Waals surface area contributed by atoms with Gasteiger partial charge in [-0.15, -0.1) is 0 Å². The minimum absolute atomic E-state index is 0.264. The molecule has 12 aromatic rings. The molecule has 0 saturated carbocycles. The molecule has 2 nitrogen and oxygen atoms in total. The highest BCUT2D eigenvalue weighted by Crippen LogP contribution is 2.48. The monoisotopic (exact) mass is 740 g/mol. The quantitative estimate of drug-likeness (QED) is 0.130. The number of para-hydroxylation sites is 1. The van der Waals surface area contributed by atoms with E-state index in [-0.39, 0.29) is 5.82 Å². The van der Waals surface area contributed by atoms with Crippen molar-refractivity contribution in [1.82, 2.24) is 9.55 Å². The van der Waals surface area contributed by atoms with Crippen molar-refractivity contribution < 1.29 is 4.39 Å². The van der Waals surface area contributed by atoms with Crippen LogP contribution in [-0.4, -0.2) is 9.55 Å². The molecule has 2 heterocycles. The van der Waals surface area contributed by atoms with Gasteiger partial charge in [-0.2, -0.15) is 0 Å². The first kappa shape index (κ1) is 32.6. The van der Waals surface area contributed by atoms with Crippen molar-refractivity contribution in [2.24, 2.45) is 0 Å². The molecule has 0 radical (unpaired) electrons. The summed E-state index contributed by atoms with van der Waals surface area (Å²) in [6.45, 7) is 0. The minimum Gasteiger partial charge on any atom is -0.305 e. The second-order valence-electron chi connectivity index (χ2n) is 15.1. The summed E-state index contributed by atoms with van der Waals surface area (Å²) >= 11 is 0. The fraction of sp³-hybridized carbons (Fsp3) is 0. The average molecular weight is 741 g/mol. The molecule has 0 amide bonds. The highest BCUT2D eigenvalue weighted by Gasteiger charge is 2.21. The molecule has 0 fully saturated rings. The maximum Gasteiger partial charge on any atom is 0.147 e. The van der Waals surface area contributed by atoms with Gasteiger partial charge >= 0.3 is 0 Å². The molecule has 0 spiro atoms. The maximum atomic E-state index is 15.4. The first-order valence-electron chi connectivity index (χ1n) is 19.7. The van der Waals surface area contributed by atoms with E-state index in [1.165, 1.54) is 82.2 Å². The van der Waals surface area contributed by atoms with E-state index >= 15 is 4.39 Å². The van der Waals surface area contributed by atoms with Gasteiger partial charge in [0.1, 0.15) is 5.82 Å². The lowest BCUT2D eigenvalue weighted by Gasteiger charge is -2.21. The Morgan fingerprint density at radius 1 is 0.379 bits per heavy atom. The molecule has 58 heavy (non-hydrogen) atoms. The summed E-state index contributed by atoms with van der Waals surface area (Å²) in [5.41, 5.74) is 10.3. The molecule has 12 rings (SSSR count). The van der Waals surface area contributed by atoms with E-state index in [1.54, 1.807) is 12.3 Å². The molecule has 0 aliphatic carbocycles. The Labute approximate surface area is 333 Å². The van der Waals surface area contributed by atoms with Crippen molar-refractivity contribution in [1.29, 1.82) is 0 Å². The van der Waals surface area contributed by atoms with Gasteiger partial charge in [0, 0.05) is 17.3 Å². The van der Waals surface area contributed by atoms with E-state index in [0.717, 1.165) is 33.2 Å². The highest BCUT2D eigenvalue weighted by molar-refractivity contribution is 6.27. The van der Waals surface area contributed by atoms with Crippen LogP contribution in [0.2, 0.25) is 0 Å². The van der Waals surface area contributed by atoms with Gasteiger partial charge < -0.3 is 4.57 Å². The Morgan fingerprint density at radius 3 is 1.57 bits per heavy atom. The van der Waals surface area contributed by atoms with Crippen LogP contribution < -0.4 is 0 Å². The van der Waals surface area contributed by atoms with E-state index in [0.29, 0.717) is 5.52 Å². The Balaban J connectivity index is 1.06. The second-order valence-corrected chi connectivity index (χ2v) is 15.1. The number of hydrogen-bond acceptors (Lipinski definition) is 1. The Bertz CT molecular complexity index is 3580. The van der Waals surface area contributed by atoms with Crippen LogP contribution in [0.15, 0.2) is 200 Å². The van der Waals surface area contributed by atoms with E-state index in [1.807, 2.05) is 22.8 Å². The first-order valence-corrected chi connectivity index (χ1v) is 19.7. The van der Waals surface area contributed by atoms with Crippen molar-refractivity contribution in [3.05, 3.63) is 206 Å². The Hall–Kier alpha value is -7.62. The molecule has 10 aromatic carbocycles. The summed E-state index contributed by atoms with van der Waals surface area (Å²) in [7, 11) is 0. The van der Waals surface area contributed by atoms with Crippen LogP contribution in [0.1, 0.15) is 0 Å². The van der Waals surface area contributed by atoms with Crippen LogP contribution in [0.5, 0.6) is 0 Å². The molecule has 0 bridgehead atoms. The van der Waals surface area contributed by atoms with E-state index in [2.05, 4.69) is 169 Å². The molecule has 0 atom stereocenters. The number of pyridine rings is 1. The molecule has 0 unspecified atom stereocenters. The molecule has 0 N–H and O–H groups in total. The zero-order chi connectivity index (χ0) is 38.3. The second kappa shape index (κ2) is 12.7. The summed E-state index contributed by atoms with van der Waals surface area (Å²) in [5, 5.41) is 13.1. The lowest BCUT2D eigenvalue weighted by molar-refractivity contribution is 0.635. The molecule has 3 heteroatoms. The standard InChI is InChI=1S/C55H33FN2/c56-50-24-11-23-48-54-51(25-12-32-57-54)58(55(48)50)36-28-26-34(27-29-36)38-30-31-47(41-17-5-3-16-40(38)41)52-43-19-7-9-21-45(43)53(46-22-10-8-20-44(46)52)49-33-35-13-1-2-14-37(35)39-15-4-6-18-42(39)49/h1-33H. The van der Waals surface area contributed by atoms with Gasteiger partial charge in [-0.1, -0.05) is 158 Å². The topological polar surface area (TPSA) is 17.8 Å². The molecule has 0 aliphatic rings. The van der Waals surface area contributed by atoms with E-state index < -0.39 is 0 Å². The number of halogens is 1. The van der Waals surface area contributed by atoms with Crippen molar-refractivity contribution in [2.45, 2.75) is 0 Å². The van der Waals surface area contributed by atoms with Crippen molar-refractivity contribution in [3.63, 3.8) is 0 Å². The van der Waals surface area contributed by atoms with E-state index in [4.69, 9.17) is 0 Å². The lowest BCUT2D eigenvalue weighted by atomic mass is 9.82. The van der Waals surface area contributed by atoms with Gasteiger partial charge in [0.25, 0.3) is 0 Å². The molecular formula is C55H33FN2.